The number of amides is 1. The van der Waals surface area contributed by atoms with Gasteiger partial charge in [0.15, 0.2) is 0 Å². The molecule has 0 N–H and O–H groups in total. The monoisotopic (exact) mass is 481 g/mol. The number of piperidine rings is 1. The van der Waals surface area contributed by atoms with E-state index in [0.29, 0.717) is 30.6 Å². The third-order valence-electron chi connectivity index (χ3n) is 5.63. The molecule has 1 fully saturated rings. The molecule has 1 aliphatic rings. The summed E-state index contributed by atoms with van der Waals surface area (Å²) in [6, 6.07) is 5.29. The van der Waals surface area contributed by atoms with Gasteiger partial charge < -0.3 is 14.4 Å². The first-order chi connectivity index (χ1) is 15.8. The number of hydrogen-bond acceptors (Lipinski definition) is 6. The predicted octanol–water partition coefficient (Wildman–Crippen LogP) is 4.88. The van der Waals surface area contributed by atoms with Crippen LogP contribution in [0.15, 0.2) is 30.5 Å². The van der Waals surface area contributed by atoms with Crippen LogP contribution < -0.4 is 4.90 Å². The molecule has 0 aliphatic carbocycles. The van der Waals surface area contributed by atoms with Gasteiger partial charge in [0.25, 0.3) is 0 Å². The quantitative estimate of drug-likeness (QED) is 0.580. The first-order valence-corrected chi connectivity index (χ1v) is 11.1. The van der Waals surface area contributed by atoms with Crippen LogP contribution in [0.3, 0.4) is 0 Å². The van der Waals surface area contributed by atoms with Crippen LogP contribution in [0, 0.1) is 5.92 Å². The zero-order valence-electron chi connectivity index (χ0n) is 20.0. The molecule has 1 aromatic heterocycles. The minimum Gasteiger partial charge on any atom is -0.468 e. The molecule has 7 nitrogen and oxygen atoms in total. The molecule has 1 saturated heterocycles. The number of fused-ring (bicyclic) bond motifs is 1. The fourth-order valence-corrected chi connectivity index (χ4v) is 4.27. The van der Waals surface area contributed by atoms with Gasteiger partial charge in [0, 0.05) is 30.4 Å². The molecule has 34 heavy (non-hydrogen) atoms. The highest BCUT2D eigenvalue weighted by atomic mass is 19.4. The maximum Gasteiger partial charge on any atom is 0.418 e. The van der Waals surface area contributed by atoms with Crippen LogP contribution in [0.5, 0.6) is 0 Å². The third-order valence-corrected chi connectivity index (χ3v) is 5.63. The summed E-state index contributed by atoms with van der Waals surface area (Å²) in [7, 11) is 1.24. The van der Waals surface area contributed by atoms with Crippen molar-refractivity contribution < 1.29 is 32.2 Å². The van der Waals surface area contributed by atoms with E-state index in [-0.39, 0.29) is 18.0 Å². The van der Waals surface area contributed by atoms with Crippen LogP contribution in [0.4, 0.5) is 23.7 Å². The number of aromatic nitrogens is 1. The Morgan fingerprint density at radius 1 is 1.18 bits per heavy atom. The van der Waals surface area contributed by atoms with Crippen molar-refractivity contribution in [2.45, 2.75) is 51.9 Å². The molecular formula is C24H30F3N3O4. The summed E-state index contributed by atoms with van der Waals surface area (Å²) >= 11 is 0. The van der Waals surface area contributed by atoms with Crippen molar-refractivity contribution in [2.75, 3.05) is 31.6 Å². The molecule has 2 aromatic rings. The summed E-state index contributed by atoms with van der Waals surface area (Å²) in [6.07, 6.45) is -3.24. The van der Waals surface area contributed by atoms with E-state index in [1.165, 1.54) is 24.3 Å². The number of hydrogen-bond donors (Lipinski definition) is 0. The van der Waals surface area contributed by atoms with Crippen molar-refractivity contribution in [1.82, 2.24) is 9.88 Å². The van der Waals surface area contributed by atoms with Gasteiger partial charge in [-0.1, -0.05) is 6.92 Å². The van der Waals surface area contributed by atoms with Crippen molar-refractivity contribution in [2.24, 2.45) is 5.92 Å². The first kappa shape index (κ1) is 25.6. The van der Waals surface area contributed by atoms with Crippen LogP contribution in [-0.4, -0.2) is 60.3 Å². The first-order valence-electron chi connectivity index (χ1n) is 11.1. The maximum absolute atomic E-state index is 13.5. The second-order valence-corrected chi connectivity index (χ2v) is 9.61. The third kappa shape index (κ3) is 5.90. The van der Waals surface area contributed by atoms with Gasteiger partial charge in [-0.05, 0) is 57.4 Å². The minimum atomic E-state index is -4.53. The van der Waals surface area contributed by atoms with Gasteiger partial charge in [0.1, 0.15) is 12.1 Å². The summed E-state index contributed by atoms with van der Waals surface area (Å²) in [5, 5.41) is 0.377. The average molecular weight is 482 g/mol. The Hall–Kier alpha value is -3.04. The molecule has 10 heteroatoms. The Morgan fingerprint density at radius 3 is 2.50 bits per heavy atom. The van der Waals surface area contributed by atoms with E-state index in [2.05, 4.69) is 4.98 Å². The zero-order valence-corrected chi connectivity index (χ0v) is 20.0. The summed E-state index contributed by atoms with van der Waals surface area (Å²) in [5.74, 6) is -0.491. The van der Waals surface area contributed by atoms with Crippen LogP contribution in [0.25, 0.3) is 10.9 Å². The Kier molecular flexibility index (Phi) is 7.28. The van der Waals surface area contributed by atoms with E-state index in [1.54, 1.807) is 32.9 Å². The Bertz CT molecular complexity index is 1050. The van der Waals surface area contributed by atoms with E-state index < -0.39 is 35.4 Å². The number of halogens is 3. The normalized spacial score (nSPS) is 19.1. The lowest BCUT2D eigenvalue weighted by molar-refractivity contribution is -0.142. The lowest BCUT2D eigenvalue weighted by atomic mass is 9.93. The number of alkyl halides is 3. The maximum atomic E-state index is 13.5. The van der Waals surface area contributed by atoms with Gasteiger partial charge in [-0.15, -0.1) is 0 Å². The summed E-state index contributed by atoms with van der Waals surface area (Å²) < 4.78 is 50.9. The minimum absolute atomic E-state index is 0.0929. The van der Waals surface area contributed by atoms with Gasteiger partial charge in [0.05, 0.1) is 24.2 Å². The van der Waals surface area contributed by atoms with Gasteiger partial charge >= 0.3 is 18.2 Å². The van der Waals surface area contributed by atoms with Crippen LogP contribution >= 0.6 is 0 Å². The number of nitrogens with zero attached hydrogens (tertiary/aromatic N) is 3. The fourth-order valence-electron chi connectivity index (χ4n) is 4.27. The topological polar surface area (TPSA) is 72.0 Å². The number of carbonyl (C=O) groups is 2. The lowest BCUT2D eigenvalue weighted by Gasteiger charge is -2.43. The molecule has 2 unspecified atom stereocenters. The standard InChI is InChI=1S/C24H30F3N3O4/c1-15-11-16(30(14-20(31)33-5)22(32)34-23(2,3)4)13-29(12-15)19-9-8-18(24(25,26)27)21-17(19)7-6-10-28-21/h6-10,15-16H,11-14H2,1-5H3. The number of rotatable bonds is 4. The molecule has 186 valence electrons. The van der Waals surface area contributed by atoms with Crippen LogP contribution in [-0.2, 0) is 20.4 Å². The number of pyridine rings is 1. The highest BCUT2D eigenvalue weighted by Crippen LogP contribution is 2.38. The van der Waals surface area contributed by atoms with E-state index >= 15 is 0 Å². The van der Waals surface area contributed by atoms with Crippen LogP contribution in [0.1, 0.15) is 39.7 Å². The molecule has 2 heterocycles. The second-order valence-electron chi connectivity index (χ2n) is 9.61. The number of benzene rings is 1. The van der Waals surface area contributed by atoms with Crippen LogP contribution in [0.2, 0.25) is 0 Å². The molecule has 2 atom stereocenters. The molecule has 1 amide bonds. The van der Waals surface area contributed by atoms with Crippen molar-refractivity contribution >= 4 is 28.7 Å². The molecule has 0 saturated carbocycles. The molecule has 0 bridgehead atoms. The molecule has 0 spiro atoms. The second kappa shape index (κ2) is 9.68. The predicted molar refractivity (Wildman–Crippen MR) is 121 cm³/mol. The van der Waals surface area contributed by atoms with Gasteiger partial charge in [-0.25, -0.2) is 4.79 Å². The number of methoxy groups -OCH3 is 1. The Morgan fingerprint density at radius 2 is 1.88 bits per heavy atom. The molecule has 1 aliphatic heterocycles. The lowest BCUT2D eigenvalue weighted by Crippen LogP contribution is -2.55. The van der Waals surface area contributed by atoms with E-state index in [4.69, 9.17) is 9.47 Å². The number of anilines is 1. The molecule has 1 aromatic carbocycles. The fraction of sp³-hybridized carbons (Fsp3) is 0.542. The Balaban J connectivity index is 1.98. The highest BCUT2D eigenvalue weighted by Gasteiger charge is 2.37. The summed E-state index contributed by atoms with van der Waals surface area (Å²) in [5.41, 5.74) is -1.09. The smallest absolute Gasteiger partial charge is 0.418 e. The summed E-state index contributed by atoms with van der Waals surface area (Å²) in [4.78, 5) is 32.3. The van der Waals surface area contributed by atoms with Gasteiger partial charge in [-0.2, -0.15) is 13.2 Å². The summed E-state index contributed by atoms with van der Waals surface area (Å²) in [6.45, 7) is 7.80. The van der Waals surface area contributed by atoms with E-state index in [9.17, 15) is 22.8 Å². The SMILES string of the molecule is COC(=O)CN(C(=O)OC(C)(C)C)C1CC(C)CN(c2ccc(C(F)(F)F)c3ncccc23)C1. The van der Waals surface area contributed by atoms with Crippen molar-refractivity contribution in [3.63, 3.8) is 0 Å². The van der Waals surface area contributed by atoms with Crippen molar-refractivity contribution in [3.05, 3.63) is 36.0 Å². The molecular weight excluding hydrogens is 451 g/mol. The van der Waals surface area contributed by atoms with E-state index in [0.717, 1.165) is 6.07 Å². The van der Waals surface area contributed by atoms with Crippen molar-refractivity contribution in [3.8, 4) is 0 Å². The highest BCUT2D eigenvalue weighted by molar-refractivity contribution is 5.94. The number of esters is 1. The zero-order chi connectivity index (χ0) is 25.3. The van der Waals surface area contributed by atoms with E-state index in [1.807, 2.05) is 11.8 Å². The number of carbonyl (C=O) groups excluding carboxylic acids is 2. The molecule has 0 radical (unpaired) electrons. The number of ether oxygens (including phenoxy) is 2. The Labute approximate surface area is 196 Å². The van der Waals surface area contributed by atoms with Gasteiger partial charge in [-0.3, -0.25) is 14.7 Å². The van der Waals surface area contributed by atoms with Crippen molar-refractivity contribution in [1.29, 1.82) is 0 Å². The average Bonchev–Trinajstić information content (AvgIpc) is 2.74. The largest absolute Gasteiger partial charge is 0.468 e. The molecule has 3 rings (SSSR count). The van der Waals surface area contributed by atoms with Gasteiger partial charge in [0.2, 0.25) is 0 Å².